The van der Waals surface area contributed by atoms with Crippen LogP contribution in [0.15, 0.2) is 84.9 Å². The van der Waals surface area contributed by atoms with Gasteiger partial charge in [-0.3, -0.25) is 4.79 Å². The molecule has 0 radical (unpaired) electrons. The van der Waals surface area contributed by atoms with Crippen molar-refractivity contribution < 1.29 is 9.18 Å². The normalized spacial score (nSPS) is 15.2. The predicted molar refractivity (Wildman–Crippen MR) is 130 cm³/mol. The number of fused-ring (bicyclic) bond motifs is 1. The Bertz CT molecular complexity index is 1260. The van der Waals surface area contributed by atoms with E-state index in [1.54, 1.807) is 12.1 Å². The average molecular weight is 439 g/mol. The van der Waals surface area contributed by atoms with Crippen LogP contribution in [0.1, 0.15) is 40.5 Å². The van der Waals surface area contributed by atoms with E-state index in [1.807, 2.05) is 30.3 Å². The van der Waals surface area contributed by atoms with Crippen LogP contribution in [0.25, 0.3) is 16.9 Å². The molecule has 33 heavy (non-hydrogen) atoms. The molecule has 1 amide bonds. The lowest BCUT2D eigenvalue weighted by molar-refractivity contribution is 0.0951. The van der Waals surface area contributed by atoms with Gasteiger partial charge in [0.2, 0.25) is 0 Å². The number of nitrogens with zero attached hydrogens (tertiary/aromatic N) is 1. The van der Waals surface area contributed by atoms with Crippen molar-refractivity contribution in [1.29, 1.82) is 0 Å². The number of hydrogen-bond donors (Lipinski definition) is 1. The van der Waals surface area contributed by atoms with Crippen LogP contribution in [0.3, 0.4) is 0 Å². The van der Waals surface area contributed by atoms with E-state index in [0.29, 0.717) is 18.0 Å². The first kappa shape index (κ1) is 21.2. The number of hydrogen-bond acceptors (Lipinski definition) is 1. The zero-order valence-corrected chi connectivity index (χ0v) is 18.7. The molecule has 1 aromatic heterocycles. The number of carbonyl (C=O) groups is 1. The molecule has 5 rings (SSSR count). The van der Waals surface area contributed by atoms with Crippen molar-refractivity contribution in [3.05, 3.63) is 113 Å². The number of amides is 1. The summed E-state index contributed by atoms with van der Waals surface area (Å²) >= 11 is 0. The third kappa shape index (κ3) is 4.47. The Labute approximate surface area is 193 Å². The van der Waals surface area contributed by atoms with Crippen molar-refractivity contribution in [2.45, 2.75) is 32.7 Å². The van der Waals surface area contributed by atoms with Gasteiger partial charge in [0.15, 0.2) is 0 Å². The minimum absolute atomic E-state index is 0.141. The number of carbonyl (C=O) groups excluding carboxylic acids is 1. The third-order valence-electron chi connectivity index (χ3n) is 6.46. The maximum Gasteiger partial charge on any atom is 0.251 e. The number of rotatable bonds is 5. The molecule has 0 saturated carbocycles. The van der Waals surface area contributed by atoms with Crippen molar-refractivity contribution in [2.24, 2.45) is 5.92 Å². The standard InChI is InChI=1S/C29H27FN2O/c1-20-7-16-27-24(17-20)18-28(22-5-3-2-4-6-22)32(27)26-14-10-23(11-15-26)29(33)31-19-21-8-12-25(30)13-9-21/h2-6,8-15,18,20H,7,16-17,19H2,1H3,(H,31,33)/t20-/m0/s1. The Morgan fingerprint density at radius 1 is 1.00 bits per heavy atom. The Morgan fingerprint density at radius 2 is 1.73 bits per heavy atom. The number of halogens is 1. The molecule has 0 aliphatic heterocycles. The minimum Gasteiger partial charge on any atom is -0.348 e. The van der Waals surface area contributed by atoms with E-state index in [9.17, 15) is 9.18 Å². The summed E-state index contributed by atoms with van der Waals surface area (Å²) in [6.45, 7) is 2.68. The van der Waals surface area contributed by atoms with Gasteiger partial charge in [-0.05, 0) is 84.3 Å². The van der Waals surface area contributed by atoms with Crippen molar-refractivity contribution in [3.8, 4) is 16.9 Å². The molecule has 3 aromatic carbocycles. The predicted octanol–water partition coefficient (Wildman–Crippen LogP) is 6.34. The third-order valence-corrected chi connectivity index (χ3v) is 6.46. The molecule has 1 N–H and O–H groups in total. The maximum atomic E-state index is 13.1. The molecule has 1 heterocycles. The molecule has 4 aromatic rings. The average Bonchev–Trinajstić information content (AvgIpc) is 3.22. The van der Waals surface area contributed by atoms with Crippen LogP contribution in [0.2, 0.25) is 0 Å². The zero-order chi connectivity index (χ0) is 22.8. The Balaban J connectivity index is 1.42. The van der Waals surface area contributed by atoms with Crippen LogP contribution in [0.4, 0.5) is 4.39 Å². The van der Waals surface area contributed by atoms with Gasteiger partial charge in [-0.25, -0.2) is 4.39 Å². The van der Waals surface area contributed by atoms with E-state index >= 15 is 0 Å². The monoisotopic (exact) mass is 438 g/mol. The quantitative estimate of drug-likeness (QED) is 0.388. The SMILES string of the molecule is C[C@H]1CCc2c(cc(-c3ccccc3)n2-c2ccc(C(=O)NCc3ccc(F)cc3)cc2)C1. The Hall–Kier alpha value is -3.66. The van der Waals surface area contributed by atoms with Crippen LogP contribution < -0.4 is 5.32 Å². The number of benzene rings is 3. The summed E-state index contributed by atoms with van der Waals surface area (Å²) in [5.74, 6) is 0.277. The van der Waals surface area contributed by atoms with Crippen molar-refractivity contribution in [2.75, 3.05) is 0 Å². The Kier molecular flexibility index (Phi) is 5.82. The smallest absolute Gasteiger partial charge is 0.251 e. The van der Waals surface area contributed by atoms with Crippen LogP contribution in [-0.4, -0.2) is 10.5 Å². The fourth-order valence-electron chi connectivity index (χ4n) is 4.68. The summed E-state index contributed by atoms with van der Waals surface area (Å²) < 4.78 is 15.4. The maximum absolute atomic E-state index is 13.1. The lowest BCUT2D eigenvalue weighted by Crippen LogP contribution is -2.22. The second-order valence-corrected chi connectivity index (χ2v) is 8.91. The highest BCUT2D eigenvalue weighted by atomic mass is 19.1. The van der Waals surface area contributed by atoms with Gasteiger partial charge in [0.05, 0.1) is 5.69 Å². The molecule has 3 nitrogen and oxygen atoms in total. The van der Waals surface area contributed by atoms with E-state index in [0.717, 1.165) is 24.1 Å². The molecular formula is C29H27FN2O. The summed E-state index contributed by atoms with van der Waals surface area (Å²) in [6.07, 6.45) is 3.35. The summed E-state index contributed by atoms with van der Waals surface area (Å²) in [4.78, 5) is 12.6. The molecule has 0 bridgehead atoms. The fourth-order valence-corrected chi connectivity index (χ4v) is 4.68. The molecule has 1 aliphatic carbocycles. The van der Waals surface area contributed by atoms with Crippen LogP contribution in [0.5, 0.6) is 0 Å². The lowest BCUT2D eigenvalue weighted by atomic mass is 9.89. The topological polar surface area (TPSA) is 34.0 Å². The van der Waals surface area contributed by atoms with Crippen LogP contribution >= 0.6 is 0 Å². The molecule has 4 heteroatoms. The highest BCUT2D eigenvalue weighted by molar-refractivity contribution is 5.94. The second-order valence-electron chi connectivity index (χ2n) is 8.91. The van der Waals surface area contributed by atoms with Gasteiger partial charge in [0.1, 0.15) is 5.82 Å². The van der Waals surface area contributed by atoms with Crippen LogP contribution in [0, 0.1) is 11.7 Å². The van der Waals surface area contributed by atoms with Gasteiger partial charge in [0, 0.05) is 23.5 Å². The number of nitrogens with one attached hydrogen (secondary N) is 1. The molecule has 1 atom stereocenters. The Morgan fingerprint density at radius 3 is 2.45 bits per heavy atom. The lowest BCUT2D eigenvalue weighted by Gasteiger charge is -2.21. The summed E-state index contributed by atoms with van der Waals surface area (Å²) in [5.41, 5.74) is 7.73. The van der Waals surface area contributed by atoms with E-state index in [1.165, 1.54) is 41.1 Å². The molecular weight excluding hydrogens is 411 g/mol. The van der Waals surface area contributed by atoms with Gasteiger partial charge >= 0.3 is 0 Å². The highest BCUT2D eigenvalue weighted by Gasteiger charge is 2.23. The highest BCUT2D eigenvalue weighted by Crippen LogP contribution is 2.35. The van der Waals surface area contributed by atoms with Crippen molar-refractivity contribution >= 4 is 5.91 Å². The summed E-state index contributed by atoms with van der Waals surface area (Å²) in [6, 6.07) is 26.8. The van der Waals surface area contributed by atoms with Gasteiger partial charge in [0.25, 0.3) is 5.91 Å². The van der Waals surface area contributed by atoms with Crippen molar-refractivity contribution in [1.82, 2.24) is 9.88 Å². The summed E-state index contributed by atoms with van der Waals surface area (Å²) in [7, 11) is 0. The molecule has 0 spiro atoms. The molecule has 166 valence electrons. The second kappa shape index (κ2) is 9.07. The van der Waals surface area contributed by atoms with Gasteiger partial charge in [-0.1, -0.05) is 49.4 Å². The molecule has 1 aliphatic rings. The first-order valence-corrected chi connectivity index (χ1v) is 11.5. The minimum atomic E-state index is -0.280. The first-order chi connectivity index (χ1) is 16.1. The summed E-state index contributed by atoms with van der Waals surface area (Å²) in [5, 5.41) is 2.91. The zero-order valence-electron chi connectivity index (χ0n) is 18.7. The van der Waals surface area contributed by atoms with Gasteiger partial charge < -0.3 is 9.88 Å². The van der Waals surface area contributed by atoms with E-state index < -0.39 is 0 Å². The van der Waals surface area contributed by atoms with Crippen molar-refractivity contribution in [3.63, 3.8) is 0 Å². The van der Waals surface area contributed by atoms with E-state index in [4.69, 9.17) is 0 Å². The largest absolute Gasteiger partial charge is 0.348 e. The first-order valence-electron chi connectivity index (χ1n) is 11.5. The number of aromatic nitrogens is 1. The van der Waals surface area contributed by atoms with E-state index in [-0.39, 0.29) is 11.7 Å². The van der Waals surface area contributed by atoms with E-state index in [2.05, 4.69) is 47.1 Å². The molecule has 0 saturated heterocycles. The molecule has 0 fully saturated rings. The molecule has 0 unspecified atom stereocenters. The fraction of sp³-hybridized carbons (Fsp3) is 0.207. The van der Waals surface area contributed by atoms with Gasteiger partial charge in [-0.2, -0.15) is 0 Å². The van der Waals surface area contributed by atoms with Gasteiger partial charge in [-0.15, -0.1) is 0 Å². The van der Waals surface area contributed by atoms with Crippen LogP contribution in [-0.2, 0) is 19.4 Å².